The Bertz CT molecular complexity index is 827. The van der Waals surface area contributed by atoms with Gasteiger partial charge < -0.3 is 14.2 Å². The fourth-order valence-corrected chi connectivity index (χ4v) is 3.14. The van der Waals surface area contributed by atoms with Crippen LogP contribution in [0.3, 0.4) is 0 Å². The normalized spacial score (nSPS) is 18.6. The lowest BCUT2D eigenvalue weighted by atomic mass is 9.97. The molecule has 0 radical (unpaired) electrons. The first-order valence-electron chi connectivity index (χ1n) is 10.5. The van der Waals surface area contributed by atoms with Gasteiger partial charge in [0.15, 0.2) is 0 Å². The van der Waals surface area contributed by atoms with Crippen LogP contribution in [0.4, 0.5) is 0 Å². The van der Waals surface area contributed by atoms with Crippen LogP contribution < -0.4 is 0 Å². The fraction of sp³-hybridized carbons (Fsp3) is 0.440. The monoisotopic (exact) mass is 409 g/mol. The fourth-order valence-electron chi connectivity index (χ4n) is 3.14. The van der Waals surface area contributed by atoms with Crippen LogP contribution in [0.5, 0.6) is 0 Å². The number of ether oxygens (including phenoxy) is 3. The van der Waals surface area contributed by atoms with Crippen molar-refractivity contribution in [2.24, 2.45) is 10.4 Å². The minimum absolute atomic E-state index is 0.0813. The number of carbonyl (C=O) groups excluding carboxylic acids is 1. The molecule has 160 valence electrons. The van der Waals surface area contributed by atoms with E-state index in [1.165, 1.54) is 0 Å². The molecular formula is C25H31NO4. The molecule has 0 aliphatic carbocycles. The number of aliphatic imine (C=N–C) groups is 1. The summed E-state index contributed by atoms with van der Waals surface area (Å²) in [4.78, 5) is 16.7. The van der Waals surface area contributed by atoms with Gasteiger partial charge in [-0.25, -0.2) is 4.99 Å². The molecule has 5 nitrogen and oxygen atoms in total. The predicted molar refractivity (Wildman–Crippen MR) is 117 cm³/mol. The van der Waals surface area contributed by atoms with Crippen molar-refractivity contribution in [3.8, 4) is 0 Å². The molecule has 3 rings (SSSR count). The summed E-state index contributed by atoms with van der Waals surface area (Å²) in [6, 6.07) is 19.9. The molecule has 1 aliphatic rings. The maximum absolute atomic E-state index is 11.9. The number of hydrogen-bond acceptors (Lipinski definition) is 5. The van der Waals surface area contributed by atoms with Gasteiger partial charge in [-0.3, -0.25) is 4.79 Å². The van der Waals surface area contributed by atoms with Crippen LogP contribution in [0.25, 0.3) is 0 Å². The number of nitrogens with zero attached hydrogens (tertiary/aromatic N) is 1. The molecule has 0 saturated heterocycles. The lowest BCUT2D eigenvalue weighted by Gasteiger charge is -2.19. The van der Waals surface area contributed by atoms with E-state index in [4.69, 9.17) is 19.2 Å². The van der Waals surface area contributed by atoms with E-state index in [1.54, 1.807) is 0 Å². The minimum atomic E-state index is -0.485. The Morgan fingerprint density at radius 3 is 2.37 bits per heavy atom. The molecule has 30 heavy (non-hydrogen) atoms. The van der Waals surface area contributed by atoms with Gasteiger partial charge in [0.2, 0.25) is 5.90 Å². The van der Waals surface area contributed by atoms with Gasteiger partial charge >= 0.3 is 5.97 Å². The average molecular weight is 410 g/mol. The first-order valence-corrected chi connectivity index (χ1v) is 10.5. The van der Waals surface area contributed by atoms with Gasteiger partial charge in [0.05, 0.1) is 25.2 Å². The standard InChI is InChI=1S/C25H31NO4/c1-25(2,3)24(27)29-16-10-15-22-21(18-28-17-19-11-6-4-7-12-19)26-23(30-22)20-13-8-5-9-14-20/h4-9,11-14,21-22H,10,15-18H2,1-3H3/t21-,22-/m1/s1. The van der Waals surface area contributed by atoms with E-state index in [0.717, 1.165) is 24.0 Å². The highest BCUT2D eigenvalue weighted by Gasteiger charge is 2.31. The summed E-state index contributed by atoms with van der Waals surface area (Å²) in [5, 5.41) is 0. The predicted octanol–water partition coefficient (Wildman–Crippen LogP) is 4.79. The van der Waals surface area contributed by atoms with E-state index in [1.807, 2.05) is 81.4 Å². The van der Waals surface area contributed by atoms with Crippen molar-refractivity contribution in [2.75, 3.05) is 13.2 Å². The second-order valence-electron chi connectivity index (χ2n) is 8.55. The Morgan fingerprint density at radius 2 is 1.70 bits per heavy atom. The zero-order valence-corrected chi connectivity index (χ0v) is 18.0. The van der Waals surface area contributed by atoms with Gasteiger partial charge in [-0.2, -0.15) is 0 Å². The van der Waals surface area contributed by atoms with Crippen molar-refractivity contribution in [1.82, 2.24) is 0 Å². The molecular weight excluding hydrogens is 378 g/mol. The van der Waals surface area contributed by atoms with Gasteiger partial charge in [-0.15, -0.1) is 0 Å². The number of esters is 1. The van der Waals surface area contributed by atoms with Crippen molar-refractivity contribution >= 4 is 11.9 Å². The van der Waals surface area contributed by atoms with Gasteiger partial charge in [0, 0.05) is 5.56 Å². The zero-order valence-electron chi connectivity index (χ0n) is 18.0. The zero-order chi connectivity index (χ0) is 21.4. The molecule has 0 unspecified atom stereocenters. The highest BCUT2D eigenvalue weighted by atomic mass is 16.5. The molecule has 0 aromatic heterocycles. The lowest BCUT2D eigenvalue weighted by molar-refractivity contribution is -0.153. The summed E-state index contributed by atoms with van der Waals surface area (Å²) in [5.41, 5.74) is 1.61. The van der Waals surface area contributed by atoms with Crippen molar-refractivity contribution in [3.63, 3.8) is 0 Å². The summed E-state index contributed by atoms with van der Waals surface area (Å²) in [6.07, 6.45) is 1.37. The third-order valence-electron chi connectivity index (χ3n) is 4.87. The average Bonchev–Trinajstić information content (AvgIpc) is 3.15. The van der Waals surface area contributed by atoms with Gasteiger partial charge in [0.25, 0.3) is 0 Å². The van der Waals surface area contributed by atoms with Crippen LogP contribution in [0.15, 0.2) is 65.7 Å². The molecule has 5 heteroatoms. The SMILES string of the molecule is CC(C)(C)C(=O)OCCC[C@H]1OC(c2ccccc2)=N[C@@H]1COCc1ccccc1. The summed E-state index contributed by atoms with van der Waals surface area (Å²) >= 11 is 0. The molecule has 0 N–H and O–H groups in total. The first kappa shape index (κ1) is 22.0. The first-order chi connectivity index (χ1) is 14.4. The molecule has 0 amide bonds. The van der Waals surface area contributed by atoms with E-state index in [9.17, 15) is 4.79 Å². The quantitative estimate of drug-likeness (QED) is 0.441. The van der Waals surface area contributed by atoms with Crippen LogP contribution in [0, 0.1) is 5.41 Å². The van der Waals surface area contributed by atoms with Crippen molar-refractivity contribution in [2.45, 2.75) is 52.4 Å². The minimum Gasteiger partial charge on any atom is -0.472 e. The van der Waals surface area contributed by atoms with E-state index >= 15 is 0 Å². The second-order valence-corrected chi connectivity index (χ2v) is 8.55. The van der Waals surface area contributed by atoms with Crippen molar-refractivity contribution in [3.05, 3.63) is 71.8 Å². The second kappa shape index (κ2) is 10.4. The number of hydrogen-bond donors (Lipinski definition) is 0. The summed E-state index contributed by atoms with van der Waals surface area (Å²) in [6.45, 7) is 6.98. The largest absolute Gasteiger partial charge is 0.472 e. The van der Waals surface area contributed by atoms with Crippen LogP contribution in [-0.4, -0.2) is 37.2 Å². The molecule has 2 aromatic rings. The van der Waals surface area contributed by atoms with Crippen LogP contribution in [0.1, 0.15) is 44.7 Å². The lowest BCUT2D eigenvalue weighted by Crippen LogP contribution is -2.28. The third kappa shape index (κ3) is 6.42. The summed E-state index contributed by atoms with van der Waals surface area (Å²) in [7, 11) is 0. The van der Waals surface area contributed by atoms with E-state index in [2.05, 4.69) is 0 Å². The highest BCUT2D eigenvalue weighted by molar-refractivity contribution is 5.95. The Morgan fingerprint density at radius 1 is 1.03 bits per heavy atom. The van der Waals surface area contributed by atoms with E-state index in [-0.39, 0.29) is 18.1 Å². The molecule has 0 spiro atoms. The highest BCUT2D eigenvalue weighted by Crippen LogP contribution is 2.23. The maximum atomic E-state index is 11.9. The summed E-state index contributed by atoms with van der Waals surface area (Å²) < 4.78 is 17.5. The number of rotatable bonds is 9. The van der Waals surface area contributed by atoms with Crippen LogP contribution >= 0.6 is 0 Å². The van der Waals surface area contributed by atoms with E-state index < -0.39 is 5.41 Å². The number of benzene rings is 2. The van der Waals surface area contributed by atoms with Crippen molar-refractivity contribution in [1.29, 1.82) is 0 Å². The molecule has 1 aliphatic heterocycles. The topological polar surface area (TPSA) is 57.1 Å². The molecule has 0 bridgehead atoms. The van der Waals surface area contributed by atoms with Gasteiger partial charge in [0.1, 0.15) is 12.1 Å². The Balaban J connectivity index is 1.55. The van der Waals surface area contributed by atoms with E-state index in [0.29, 0.717) is 25.7 Å². The van der Waals surface area contributed by atoms with Crippen molar-refractivity contribution < 1.29 is 19.0 Å². The van der Waals surface area contributed by atoms with Gasteiger partial charge in [-0.05, 0) is 51.3 Å². The van der Waals surface area contributed by atoms with Crippen LogP contribution in [0.2, 0.25) is 0 Å². The smallest absolute Gasteiger partial charge is 0.311 e. The van der Waals surface area contributed by atoms with Gasteiger partial charge in [-0.1, -0.05) is 48.5 Å². The Hall–Kier alpha value is -2.66. The molecule has 0 fully saturated rings. The maximum Gasteiger partial charge on any atom is 0.311 e. The molecule has 2 aromatic carbocycles. The Kier molecular flexibility index (Phi) is 7.63. The molecule has 2 atom stereocenters. The molecule has 0 saturated carbocycles. The number of carbonyl (C=O) groups is 1. The molecule has 1 heterocycles. The Labute approximate surface area is 179 Å². The summed E-state index contributed by atoms with van der Waals surface area (Å²) in [5.74, 6) is 0.472. The van der Waals surface area contributed by atoms with Crippen LogP contribution in [-0.2, 0) is 25.6 Å². The third-order valence-corrected chi connectivity index (χ3v) is 4.87.